The predicted octanol–water partition coefficient (Wildman–Crippen LogP) is -3.15. The fourth-order valence-corrected chi connectivity index (χ4v) is 1.95. The third-order valence-corrected chi connectivity index (χ3v) is 3.31. The Labute approximate surface area is 129 Å². The smallest absolute Gasteiger partial charge is 0.854 e. The van der Waals surface area contributed by atoms with Crippen LogP contribution >= 0.6 is 0 Å². The maximum Gasteiger partial charge on any atom is 1.00 e. The summed E-state index contributed by atoms with van der Waals surface area (Å²) in [6, 6.07) is 0.498. The van der Waals surface area contributed by atoms with Gasteiger partial charge in [-0.1, -0.05) is 0 Å². The summed E-state index contributed by atoms with van der Waals surface area (Å²) in [5.74, 6) is 0. The van der Waals surface area contributed by atoms with Gasteiger partial charge in [-0.05, 0) is 25.2 Å². The quantitative estimate of drug-likeness (QED) is 0.474. The molecule has 1 aliphatic heterocycles. The first-order valence-corrected chi connectivity index (χ1v) is 5.16. The molecule has 76 valence electrons. The van der Waals surface area contributed by atoms with Gasteiger partial charge in [-0.2, -0.15) is 0 Å². The van der Waals surface area contributed by atoms with Gasteiger partial charge >= 0.3 is 51.4 Å². The van der Waals surface area contributed by atoms with E-state index < -0.39 is 0 Å². The number of ether oxygens (including phenoxy) is 1. The first-order chi connectivity index (χ1) is 6.26. The summed E-state index contributed by atoms with van der Waals surface area (Å²) in [5, 5.41) is 10.9. The van der Waals surface area contributed by atoms with E-state index in [1.807, 2.05) is 0 Å². The summed E-state index contributed by atoms with van der Waals surface area (Å²) < 4.78 is 5.36. The van der Waals surface area contributed by atoms with Crippen LogP contribution in [0.5, 0.6) is 0 Å². The molecular weight excluding hydrogens is 205 g/mol. The minimum atomic E-state index is 0. The second-order valence-electron chi connectivity index (χ2n) is 4.54. The molecule has 2 aliphatic rings. The van der Waals surface area contributed by atoms with Crippen LogP contribution in [0.15, 0.2) is 0 Å². The second-order valence-corrected chi connectivity index (χ2v) is 4.54. The second kappa shape index (κ2) is 5.73. The van der Waals surface area contributed by atoms with Crippen LogP contribution in [-0.4, -0.2) is 43.9 Å². The standard InChI is InChI=1S/C10H18NO2.K/c1-9-6-13-5-4-11(9)7-10(8-12)2-3-10;/h9H,2-8H2,1H3;/q-1;+1. The normalized spacial score (nSPS) is 30.9. The Morgan fingerprint density at radius 3 is 2.71 bits per heavy atom. The molecule has 0 radical (unpaired) electrons. The van der Waals surface area contributed by atoms with Crippen molar-refractivity contribution in [2.45, 2.75) is 25.8 Å². The number of morpholine rings is 1. The Bertz CT molecular complexity index is 185. The molecule has 1 aliphatic carbocycles. The van der Waals surface area contributed by atoms with Crippen molar-refractivity contribution in [3.8, 4) is 0 Å². The van der Waals surface area contributed by atoms with Gasteiger partial charge in [0.25, 0.3) is 0 Å². The largest absolute Gasteiger partial charge is 1.00 e. The van der Waals surface area contributed by atoms with Crippen molar-refractivity contribution in [1.29, 1.82) is 0 Å². The maximum atomic E-state index is 10.9. The van der Waals surface area contributed by atoms with Gasteiger partial charge in [0.2, 0.25) is 0 Å². The molecule has 1 unspecified atom stereocenters. The van der Waals surface area contributed by atoms with Crippen LogP contribution in [0.2, 0.25) is 0 Å². The minimum Gasteiger partial charge on any atom is -0.854 e. The van der Waals surface area contributed by atoms with Crippen molar-refractivity contribution in [3.63, 3.8) is 0 Å². The van der Waals surface area contributed by atoms with E-state index in [9.17, 15) is 5.11 Å². The summed E-state index contributed by atoms with van der Waals surface area (Å²) in [6.45, 7) is 5.95. The van der Waals surface area contributed by atoms with Gasteiger partial charge in [-0.15, -0.1) is 6.61 Å². The van der Waals surface area contributed by atoms with Crippen LogP contribution in [0.25, 0.3) is 0 Å². The number of nitrogens with zero attached hydrogens (tertiary/aromatic N) is 1. The summed E-state index contributed by atoms with van der Waals surface area (Å²) in [4.78, 5) is 2.41. The van der Waals surface area contributed by atoms with E-state index >= 15 is 0 Å². The van der Waals surface area contributed by atoms with Crippen molar-refractivity contribution >= 4 is 0 Å². The third-order valence-electron chi connectivity index (χ3n) is 3.31. The van der Waals surface area contributed by atoms with Crippen LogP contribution in [0.3, 0.4) is 0 Å². The first-order valence-electron chi connectivity index (χ1n) is 5.16. The zero-order chi connectivity index (χ0) is 9.31. The summed E-state index contributed by atoms with van der Waals surface area (Å²) in [6.07, 6.45) is 2.28. The summed E-state index contributed by atoms with van der Waals surface area (Å²) >= 11 is 0. The maximum absolute atomic E-state index is 10.9. The van der Waals surface area contributed by atoms with Gasteiger partial charge in [0.05, 0.1) is 13.2 Å². The van der Waals surface area contributed by atoms with Crippen LogP contribution in [0.4, 0.5) is 0 Å². The van der Waals surface area contributed by atoms with Crippen LogP contribution < -0.4 is 56.5 Å². The Morgan fingerprint density at radius 1 is 1.50 bits per heavy atom. The van der Waals surface area contributed by atoms with E-state index in [0.29, 0.717) is 6.04 Å². The first kappa shape index (κ1) is 13.6. The average Bonchev–Trinajstić information content (AvgIpc) is 2.90. The monoisotopic (exact) mass is 223 g/mol. The van der Waals surface area contributed by atoms with Crippen molar-refractivity contribution in [2.75, 3.05) is 32.9 Å². The zero-order valence-corrected chi connectivity index (χ0v) is 12.4. The van der Waals surface area contributed by atoms with Gasteiger partial charge in [-0.25, -0.2) is 0 Å². The van der Waals surface area contributed by atoms with Crippen molar-refractivity contribution in [3.05, 3.63) is 0 Å². The number of hydrogen-bond acceptors (Lipinski definition) is 3. The van der Waals surface area contributed by atoms with Crippen LogP contribution in [0, 0.1) is 5.41 Å². The van der Waals surface area contributed by atoms with E-state index in [1.54, 1.807) is 0 Å². The fourth-order valence-electron chi connectivity index (χ4n) is 1.95. The van der Waals surface area contributed by atoms with E-state index in [2.05, 4.69) is 11.8 Å². The zero-order valence-electron chi connectivity index (χ0n) is 9.29. The molecule has 0 aromatic rings. The fraction of sp³-hybridized carbons (Fsp3) is 1.00. The Balaban J connectivity index is 0.000000980. The SMILES string of the molecule is CC1COCCN1CC1(C[O-])CC1.[K+]. The summed E-state index contributed by atoms with van der Waals surface area (Å²) in [7, 11) is 0. The number of hydrogen-bond donors (Lipinski definition) is 0. The Kier molecular flexibility index (Phi) is 5.56. The molecular formula is C10H18KNO2. The van der Waals surface area contributed by atoms with E-state index in [0.717, 1.165) is 39.1 Å². The minimum absolute atomic E-state index is 0. The molecule has 1 heterocycles. The van der Waals surface area contributed by atoms with Gasteiger partial charge < -0.3 is 9.84 Å². The molecule has 0 bridgehead atoms. The topological polar surface area (TPSA) is 35.5 Å². The molecule has 4 heteroatoms. The van der Waals surface area contributed by atoms with E-state index in [4.69, 9.17) is 4.74 Å². The molecule has 0 spiro atoms. The molecule has 0 aromatic carbocycles. The average molecular weight is 223 g/mol. The third kappa shape index (κ3) is 3.25. The number of rotatable bonds is 3. The van der Waals surface area contributed by atoms with Crippen molar-refractivity contribution < 1.29 is 61.2 Å². The van der Waals surface area contributed by atoms with Crippen molar-refractivity contribution in [1.82, 2.24) is 4.90 Å². The van der Waals surface area contributed by atoms with Gasteiger partial charge in [0.1, 0.15) is 0 Å². The molecule has 1 saturated heterocycles. The molecule has 0 aromatic heterocycles. The van der Waals surface area contributed by atoms with Crippen LogP contribution in [-0.2, 0) is 4.74 Å². The van der Waals surface area contributed by atoms with Gasteiger partial charge in [0, 0.05) is 19.1 Å². The molecule has 2 fully saturated rings. The van der Waals surface area contributed by atoms with Gasteiger partial charge in [-0.3, -0.25) is 4.90 Å². The Hall–Kier alpha value is 1.52. The molecule has 2 rings (SSSR count). The molecule has 1 atom stereocenters. The van der Waals surface area contributed by atoms with Crippen molar-refractivity contribution in [2.24, 2.45) is 5.41 Å². The molecule has 0 amide bonds. The van der Waals surface area contributed by atoms with Gasteiger partial charge in [0.15, 0.2) is 0 Å². The molecule has 1 saturated carbocycles. The molecule has 14 heavy (non-hydrogen) atoms. The Morgan fingerprint density at radius 2 is 2.21 bits per heavy atom. The molecule has 3 nitrogen and oxygen atoms in total. The van der Waals surface area contributed by atoms with E-state index in [-0.39, 0.29) is 63.4 Å². The predicted molar refractivity (Wildman–Crippen MR) is 48.4 cm³/mol. The molecule has 0 N–H and O–H groups in total. The summed E-state index contributed by atoms with van der Waals surface area (Å²) in [5.41, 5.74) is 0.144. The van der Waals surface area contributed by atoms with Crippen LogP contribution in [0.1, 0.15) is 19.8 Å². The van der Waals surface area contributed by atoms with E-state index in [1.165, 1.54) is 0 Å².